The Morgan fingerprint density at radius 3 is 2.51 bits per heavy atom. The Hall–Kier alpha value is -2.65. The van der Waals surface area contributed by atoms with E-state index < -0.39 is 0 Å². The van der Waals surface area contributed by atoms with Crippen molar-refractivity contribution in [1.29, 1.82) is 0 Å². The Kier molecular flexibility index (Phi) is 8.28. The second-order valence-electron chi connectivity index (χ2n) is 8.05. The van der Waals surface area contributed by atoms with Crippen LogP contribution in [0.3, 0.4) is 0 Å². The van der Waals surface area contributed by atoms with Gasteiger partial charge in [0.25, 0.3) is 5.91 Å². The smallest absolute Gasteiger partial charge is 0.262 e. The van der Waals surface area contributed by atoms with Gasteiger partial charge in [0.05, 0.1) is 16.8 Å². The summed E-state index contributed by atoms with van der Waals surface area (Å²) < 4.78 is 12.3. The lowest BCUT2D eigenvalue weighted by atomic mass is 10.0. The van der Waals surface area contributed by atoms with E-state index in [2.05, 4.69) is 23.2 Å². The molecule has 0 spiro atoms. The van der Waals surface area contributed by atoms with Gasteiger partial charge in [-0.25, -0.2) is 4.98 Å². The number of nitrogens with zero attached hydrogens (tertiary/aromatic N) is 2. The molecule has 0 atom stereocenters. The summed E-state index contributed by atoms with van der Waals surface area (Å²) in [5.41, 5.74) is 3.38. The molecule has 0 saturated carbocycles. The maximum absolute atomic E-state index is 12.9. The first-order valence-corrected chi connectivity index (χ1v) is 13.2. The average Bonchev–Trinajstić information content (AvgIpc) is 3.43. The summed E-state index contributed by atoms with van der Waals surface area (Å²) >= 11 is 3.34. The first-order chi connectivity index (χ1) is 16.6. The quantitative estimate of drug-likeness (QED) is 0.292. The molecule has 4 aromatic rings. The van der Waals surface area contributed by atoms with Gasteiger partial charge in [0.1, 0.15) is 21.5 Å². The predicted molar refractivity (Wildman–Crippen MR) is 147 cm³/mol. The molecule has 2 aromatic carbocycles. The molecule has 1 aliphatic heterocycles. The van der Waals surface area contributed by atoms with Crippen molar-refractivity contribution >= 4 is 56.2 Å². The van der Waals surface area contributed by atoms with E-state index >= 15 is 0 Å². The Morgan fingerprint density at radius 2 is 1.80 bits per heavy atom. The van der Waals surface area contributed by atoms with Gasteiger partial charge in [0.15, 0.2) is 6.61 Å². The Bertz CT molecular complexity index is 1270. The van der Waals surface area contributed by atoms with Crippen LogP contribution in [0.4, 0.5) is 5.00 Å². The minimum Gasteiger partial charge on any atom is -0.494 e. The highest BCUT2D eigenvalue weighted by molar-refractivity contribution is 7.22. The van der Waals surface area contributed by atoms with Gasteiger partial charge in [-0.05, 0) is 61.9 Å². The van der Waals surface area contributed by atoms with Gasteiger partial charge in [-0.15, -0.1) is 35.1 Å². The normalized spacial score (nSPS) is 13.2. The van der Waals surface area contributed by atoms with Crippen LogP contribution in [0.15, 0.2) is 48.5 Å². The highest BCUT2D eigenvalue weighted by Gasteiger charge is 2.27. The maximum atomic E-state index is 12.9. The highest BCUT2D eigenvalue weighted by atomic mass is 35.5. The van der Waals surface area contributed by atoms with E-state index in [1.807, 2.05) is 49.4 Å². The largest absolute Gasteiger partial charge is 0.494 e. The fraction of sp³-hybridized carbons (Fsp3) is 0.308. The molecule has 2 aromatic heterocycles. The lowest BCUT2D eigenvalue weighted by Gasteiger charge is -2.25. The molecule has 1 N–H and O–H groups in total. The number of halogens is 1. The molecule has 6 nitrogen and oxygen atoms in total. The number of hydrogen-bond acceptors (Lipinski definition) is 7. The third kappa shape index (κ3) is 5.62. The van der Waals surface area contributed by atoms with E-state index in [9.17, 15) is 4.79 Å². The van der Waals surface area contributed by atoms with Crippen molar-refractivity contribution in [2.24, 2.45) is 0 Å². The molecule has 0 bridgehead atoms. The van der Waals surface area contributed by atoms with Crippen LogP contribution < -0.4 is 14.8 Å². The van der Waals surface area contributed by atoms with Crippen LogP contribution in [0.5, 0.6) is 11.5 Å². The van der Waals surface area contributed by atoms with E-state index in [1.165, 1.54) is 10.4 Å². The second kappa shape index (κ2) is 11.4. The number of fused-ring (bicyclic) bond motifs is 2. The zero-order valence-corrected chi connectivity index (χ0v) is 22.2. The Balaban J connectivity index is 0.00000289. The molecule has 184 valence electrons. The van der Waals surface area contributed by atoms with Gasteiger partial charge in [-0.1, -0.05) is 19.1 Å². The van der Waals surface area contributed by atoms with Crippen LogP contribution in [-0.2, 0) is 17.8 Å². The van der Waals surface area contributed by atoms with Crippen LogP contribution in [0.1, 0.15) is 24.3 Å². The van der Waals surface area contributed by atoms with Crippen molar-refractivity contribution in [3.8, 4) is 22.1 Å². The Morgan fingerprint density at radius 1 is 1.06 bits per heavy atom. The number of hydrogen-bond donors (Lipinski definition) is 1. The lowest BCUT2D eigenvalue weighted by Crippen LogP contribution is -2.29. The molecule has 0 saturated heterocycles. The molecule has 9 heteroatoms. The van der Waals surface area contributed by atoms with Crippen LogP contribution >= 0.6 is 35.1 Å². The van der Waals surface area contributed by atoms with Gasteiger partial charge in [0.2, 0.25) is 0 Å². The topological polar surface area (TPSA) is 63.7 Å². The molecule has 0 aliphatic carbocycles. The molecule has 3 heterocycles. The minimum atomic E-state index is -0.179. The van der Waals surface area contributed by atoms with Gasteiger partial charge < -0.3 is 14.8 Å². The highest BCUT2D eigenvalue weighted by Crippen LogP contribution is 2.45. The van der Waals surface area contributed by atoms with E-state index in [0.717, 1.165) is 57.6 Å². The molecular formula is C26H28ClN3O3S2. The van der Waals surface area contributed by atoms with Gasteiger partial charge in [-0.2, -0.15) is 0 Å². The molecule has 0 unspecified atom stereocenters. The number of para-hydroxylation sites is 1. The number of carbonyl (C=O) groups excluding carboxylic acids is 1. The number of amides is 1. The number of nitrogens with one attached hydrogen (secondary N) is 1. The fourth-order valence-electron chi connectivity index (χ4n) is 4.13. The number of thiazole rings is 1. The maximum Gasteiger partial charge on any atom is 0.262 e. The molecule has 1 aliphatic rings. The summed E-state index contributed by atoms with van der Waals surface area (Å²) in [5, 5.41) is 4.95. The van der Waals surface area contributed by atoms with Crippen molar-refractivity contribution < 1.29 is 14.3 Å². The lowest BCUT2D eigenvalue weighted by molar-refractivity contribution is -0.118. The SMILES string of the molecule is CCOc1ccc(OCC(=O)Nc2sc3c(c2-c2nc4ccccc4s2)CCN(CC)C3)cc1.Cl. The summed E-state index contributed by atoms with van der Waals surface area (Å²) in [6, 6.07) is 15.5. The zero-order valence-electron chi connectivity index (χ0n) is 19.7. The molecule has 5 rings (SSSR count). The van der Waals surface area contributed by atoms with Gasteiger partial charge >= 0.3 is 0 Å². The number of benzene rings is 2. The number of likely N-dealkylation sites (N-methyl/N-ethyl adjacent to an activating group) is 1. The summed E-state index contributed by atoms with van der Waals surface area (Å²) in [5.74, 6) is 1.24. The van der Waals surface area contributed by atoms with Crippen LogP contribution in [-0.4, -0.2) is 42.1 Å². The third-order valence-corrected chi connectivity index (χ3v) is 8.03. The van der Waals surface area contributed by atoms with Crippen molar-refractivity contribution in [3.63, 3.8) is 0 Å². The van der Waals surface area contributed by atoms with E-state index in [4.69, 9.17) is 14.5 Å². The average molecular weight is 530 g/mol. The third-order valence-electron chi connectivity index (χ3n) is 5.85. The van der Waals surface area contributed by atoms with E-state index in [0.29, 0.717) is 12.4 Å². The number of carbonyl (C=O) groups is 1. The van der Waals surface area contributed by atoms with Gasteiger partial charge in [0, 0.05) is 23.5 Å². The Labute approximate surface area is 219 Å². The number of ether oxygens (including phenoxy) is 2. The van der Waals surface area contributed by atoms with Crippen molar-refractivity contribution in [2.75, 3.05) is 31.6 Å². The first-order valence-electron chi connectivity index (χ1n) is 11.5. The van der Waals surface area contributed by atoms with Gasteiger partial charge in [-0.3, -0.25) is 9.69 Å². The monoisotopic (exact) mass is 529 g/mol. The van der Waals surface area contributed by atoms with E-state index in [1.54, 1.807) is 22.7 Å². The molecule has 0 fully saturated rings. The predicted octanol–water partition coefficient (Wildman–Crippen LogP) is 6.24. The van der Waals surface area contributed by atoms with Crippen LogP contribution in [0.2, 0.25) is 0 Å². The minimum absolute atomic E-state index is 0. The summed E-state index contributed by atoms with van der Waals surface area (Å²) in [4.78, 5) is 21.5. The summed E-state index contributed by atoms with van der Waals surface area (Å²) in [6.45, 7) is 7.63. The zero-order chi connectivity index (χ0) is 23.5. The standard InChI is InChI=1S/C26H27N3O3S2.ClH/c1-3-29-14-13-19-22(15-29)34-26(24(19)25-27-20-7-5-6-8-21(20)33-25)28-23(30)16-32-18-11-9-17(10-12-18)31-4-2;/h5-12H,3-4,13-16H2,1-2H3,(H,28,30);1H. The van der Waals surface area contributed by atoms with Crippen molar-refractivity contribution in [2.45, 2.75) is 26.8 Å². The molecule has 35 heavy (non-hydrogen) atoms. The van der Waals surface area contributed by atoms with Crippen molar-refractivity contribution in [1.82, 2.24) is 9.88 Å². The van der Waals surface area contributed by atoms with Crippen LogP contribution in [0.25, 0.3) is 20.8 Å². The molecular weight excluding hydrogens is 502 g/mol. The second-order valence-corrected chi connectivity index (χ2v) is 10.2. The summed E-state index contributed by atoms with van der Waals surface area (Å²) in [7, 11) is 0. The molecule has 1 amide bonds. The van der Waals surface area contributed by atoms with E-state index in [-0.39, 0.29) is 24.9 Å². The summed E-state index contributed by atoms with van der Waals surface area (Å²) in [6.07, 6.45) is 0.962. The van der Waals surface area contributed by atoms with Crippen molar-refractivity contribution in [3.05, 3.63) is 59.0 Å². The fourth-order valence-corrected chi connectivity index (χ4v) is 6.55. The number of anilines is 1. The number of rotatable bonds is 8. The number of aromatic nitrogens is 1. The number of thiophene rings is 1. The van der Waals surface area contributed by atoms with Crippen LogP contribution in [0, 0.1) is 0 Å². The molecule has 0 radical (unpaired) electrons. The first kappa shape index (κ1) is 25.4.